The van der Waals surface area contributed by atoms with Crippen LogP contribution in [0.1, 0.15) is 30.9 Å². The molecule has 0 bridgehead atoms. The summed E-state index contributed by atoms with van der Waals surface area (Å²) in [6, 6.07) is 8.22. The molecule has 84 valence electrons. The zero-order chi connectivity index (χ0) is 11.6. The van der Waals surface area contributed by atoms with Crippen LogP contribution in [0.4, 0.5) is 0 Å². The topological polar surface area (TPSA) is 9.23 Å². The number of benzene rings is 1. The summed E-state index contributed by atoms with van der Waals surface area (Å²) in [7, 11) is 0. The average Bonchev–Trinajstić information content (AvgIpc) is 2.34. The van der Waals surface area contributed by atoms with Gasteiger partial charge in [0.05, 0.1) is 13.2 Å². The van der Waals surface area contributed by atoms with Crippen LogP contribution in [-0.4, -0.2) is 6.61 Å². The Morgan fingerprint density at radius 3 is 2.62 bits per heavy atom. The molecule has 0 unspecified atom stereocenters. The molecule has 0 aliphatic rings. The van der Waals surface area contributed by atoms with Gasteiger partial charge in [-0.25, -0.2) is 0 Å². The predicted octanol–water partition coefficient (Wildman–Crippen LogP) is 3.65. The fourth-order valence-corrected chi connectivity index (χ4v) is 1.28. The maximum atomic E-state index is 5.51. The van der Waals surface area contributed by atoms with E-state index >= 15 is 0 Å². The molecule has 0 aromatic heterocycles. The fourth-order valence-electron chi connectivity index (χ4n) is 1.28. The van der Waals surface area contributed by atoms with Crippen molar-refractivity contribution in [3.8, 4) is 11.8 Å². The van der Waals surface area contributed by atoms with E-state index in [0.717, 1.165) is 18.4 Å². The second-order valence-electron chi connectivity index (χ2n) is 3.46. The molecule has 0 fully saturated rings. The number of hydrogen-bond acceptors (Lipinski definition) is 1. The lowest BCUT2D eigenvalue weighted by Crippen LogP contribution is -1.94. The van der Waals surface area contributed by atoms with Crippen molar-refractivity contribution in [2.24, 2.45) is 0 Å². The van der Waals surface area contributed by atoms with Gasteiger partial charge in [-0.1, -0.05) is 43.8 Å². The van der Waals surface area contributed by atoms with Gasteiger partial charge in [0.15, 0.2) is 0 Å². The number of rotatable bonds is 5. The van der Waals surface area contributed by atoms with E-state index in [1.165, 1.54) is 5.56 Å². The van der Waals surface area contributed by atoms with Crippen LogP contribution < -0.4 is 0 Å². The third-order valence-electron chi connectivity index (χ3n) is 2.16. The molecule has 1 heteroatoms. The highest BCUT2D eigenvalue weighted by atomic mass is 16.5. The van der Waals surface area contributed by atoms with Crippen molar-refractivity contribution in [1.82, 2.24) is 0 Å². The molecule has 0 saturated heterocycles. The molecule has 1 nitrogen and oxygen atoms in total. The summed E-state index contributed by atoms with van der Waals surface area (Å²) in [4.78, 5) is 0. The first-order valence-electron chi connectivity index (χ1n) is 5.61. The highest BCUT2D eigenvalue weighted by Crippen LogP contribution is 2.06. The van der Waals surface area contributed by atoms with Crippen LogP contribution in [0.3, 0.4) is 0 Å². The summed E-state index contributed by atoms with van der Waals surface area (Å²) in [5.41, 5.74) is 2.33. The van der Waals surface area contributed by atoms with Gasteiger partial charge in [-0.05, 0) is 11.1 Å². The minimum Gasteiger partial charge on any atom is -0.376 e. The van der Waals surface area contributed by atoms with E-state index in [0.29, 0.717) is 13.2 Å². The third-order valence-corrected chi connectivity index (χ3v) is 2.16. The Hall–Kier alpha value is -1.52. The second-order valence-corrected chi connectivity index (χ2v) is 3.46. The summed E-state index contributed by atoms with van der Waals surface area (Å²) >= 11 is 0. The molecule has 0 saturated carbocycles. The molecular formula is C15H18O. The smallest absolute Gasteiger partial charge is 0.0717 e. The van der Waals surface area contributed by atoms with Crippen LogP contribution in [0.5, 0.6) is 0 Å². The minimum atomic E-state index is 0.658. The van der Waals surface area contributed by atoms with Gasteiger partial charge in [-0.15, -0.1) is 11.8 Å². The largest absolute Gasteiger partial charge is 0.376 e. The van der Waals surface area contributed by atoms with Gasteiger partial charge in [-0.2, -0.15) is 0 Å². The summed E-state index contributed by atoms with van der Waals surface area (Å²) in [6.07, 6.45) is 3.58. The summed E-state index contributed by atoms with van der Waals surface area (Å²) < 4.78 is 5.51. The molecule has 0 heterocycles. The van der Waals surface area contributed by atoms with Gasteiger partial charge in [-0.3, -0.25) is 0 Å². The van der Waals surface area contributed by atoms with E-state index in [1.54, 1.807) is 0 Å². The average molecular weight is 214 g/mol. The summed E-state index contributed by atoms with van der Waals surface area (Å²) in [5, 5.41) is 0. The second kappa shape index (κ2) is 7.73. The van der Waals surface area contributed by atoms with Gasteiger partial charge in [0, 0.05) is 12.8 Å². The quantitative estimate of drug-likeness (QED) is 0.537. The molecule has 0 aliphatic carbocycles. The standard InChI is InChI=1S/C15H18O/c1-3-5-6-7-12-16-13-15-10-8-14(4-2)9-11-15/h4,8-11H,2-3,7,12-13H2,1H3. The lowest BCUT2D eigenvalue weighted by Gasteiger charge is -2.02. The molecule has 0 radical (unpaired) electrons. The van der Waals surface area contributed by atoms with Gasteiger partial charge in [0.1, 0.15) is 0 Å². The van der Waals surface area contributed by atoms with Crippen LogP contribution in [0.15, 0.2) is 30.8 Å². The Morgan fingerprint density at radius 1 is 1.25 bits per heavy atom. The first-order valence-corrected chi connectivity index (χ1v) is 5.61. The van der Waals surface area contributed by atoms with Gasteiger partial charge >= 0.3 is 0 Å². The van der Waals surface area contributed by atoms with Gasteiger partial charge < -0.3 is 4.74 Å². The van der Waals surface area contributed by atoms with Crippen molar-refractivity contribution in [2.45, 2.75) is 26.4 Å². The van der Waals surface area contributed by atoms with Crippen LogP contribution in [-0.2, 0) is 11.3 Å². The van der Waals surface area contributed by atoms with Crippen molar-refractivity contribution in [3.05, 3.63) is 42.0 Å². The van der Waals surface area contributed by atoms with Gasteiger partial charge in [0.25, 0.3) is 0 Å². The Balaban J connectivity index is 2.24. The SMILES string of the molecule is C=Cc1ccc(COCCC#CCC)cc1. The van der Waals surface area contributed by atoms with E-state index < -0.39 is 0 Å². The molecule has 1 rings (SSSR count). The molecule has 0 aliphatic heterocycles. The highest BCUT2D eigenvalue weighted by Gasteiger charge is 1.92. The molecular weight excluding hydrogens is 196 g/mol. The fraction of sp³-hybridized carbons (Fsp3) is 0.333. The zero-order valence-corrected chi connectivity index (χ0v) is 9.83. The van der Waals surface area contributed by atoms with Crippen molar-refractivity contribution in [3.63, 3.8) is 0 Å². The first kappa shape index (κ1) is 12.5. The van der Waals surface area contributed by atoms with E-state index in [1.807, 2.05) is 18.2 Å². The van der Waals surface area contributed by atoms with E-state index in [4.69, 9.17) is 4.74 Å². The van der Waals surface area contributed by atoms with Crippen molar-refractivity contribution in [1.29, 1.82) is 0 Å². The normalized spacial score (nSPS) is 9.31. The molecule has 0 amide bonds. The molecule has 0 N–H and O–H groups in total. The Morgan fingerprint density at radius 2 is 2.00 bits per heavy atom. The van der Waals surface area contributed by atoms with E-state index in [2.05, 4.69) is 37.5 Å². The third kappa shape index (κ3) is 4.82. The van der Waals surface area contributed by atoms with E-state index in [9.17, 15) is 0 Å². The predicted molar refractivity (Wildman–Crippen MR) is 68.9 cm³/mol. The Kier molecular flexibility index (Phi) is 6.06. The van der Waals surface area contributed by atoms with Crippen LogP contribution in [0.2, 0.25) is 0 Å². The summed E-state index contributed by atoms with van der Waals surface area (Å²) in [5.74, 6) is 6.07. The lowest BCUT2D eigenvalue weighted by atomic mass is 10.1. The number of ether oxygens (including phenoxy) is 1. The minimum absolute atomic E-state index is 0.658. The molecule has 16 heavy (non-hydrogen) atoms. The van der Waals surface area contributed by atoms with Crippen molar-refractivity contribution >= 4 is 6.08 Å². The number of hydrogen-bond donors (Lipinski definition) is 0. The summed E-state index contributed by atoms with van der Waals surface area (Å²) in [6.45, 7) is 7.13. The maximum absolute atomic E-state index is 5.51. The van der Waals surface area contributed by atoms with Crippen LogP contribution >= 0.6 is 0 Å². The van der Waals surface area contributed by atoms with Crippen LogP contribution in [0, 0.1) is 11.8 Å². The van der Waals surface area contributed by atoms with E-state index in [-0.39, 0.29) is 0 Å². The van der Waals surface area contributed by atoms with Crippen molar-refractivity contribution < 1.29 is 4.74 Å². The molecule has 0 spiro atoms. The maximum Gasteiger partial charge on any atom is 0.0717 e. The molecule has 1 aromatic rings. The molecule has 1 aromatic carbocycles. The monoisotopic (exact) mass is 214 g/mol. The highest BCUT2D eigenvalue weighted by molar-refractivity contribution is 5.47. The van der Waals surface area contributed by atoms with Crippen molar-refractivity contribution in [2.75, 3.05) is 6.61 Å². The van der Waals surface area contributed by atoms with Gasteiger partial charge in [0.2, 0.25) is 0 Å². The molecule has 0 atom stereocenters. The zero-order valence-electron chi connectivity index (χ0n) is 9.83. The Bertz CT molecular complexity index is 365. The first-order chi connectivity index (χ1) is 7.86. The van der Waals surface area contributed by atoms with Crippen LogP contribution in [0.25, 0.3) is 6.08 Å². The Labute approximate surface area is 98.1 Å². The lowest BCUT2D eigenvalue weighted by molar-refractivity contribution is 0.126.